The molecule has 0 aromatic heterocycles. The van der Waals surface area contributed by atoms with Crippen molar-refractivity contribution in [1.29, 1.82) is 0 Å². The molecule has 2 rings (SSSR count). The van der Waals surface area contributed by atoms with Gasteiger partial charge in [-0.3, -0.25) is 4.79 Å². The largest absolute Gasteiger partial charge is 0.491 e. The third kappa shape index (κ3) is 4.70. The Hall–Kier alpha value is -1.60. The smallest absolute Gasteiger partial charge is 0.253 e. The Bertz CT molecular complexity index is 701. The highest BCUT2D eigenvalue weighted by molar-refractivity contribution is 7.88. The van der Waals surface area contributed by atoms with Crippen LogP contribution in [0.3, 0.4) is 0 Å². The van der Waals surface area contributed by atoms with E-state index in [4.69, 9.17) is 4.74 Å². The van der Waals surface area contributed by atoms with Gasteiger partial charge in [0.1, 0.15) is 5.75 Å². The minimum atomic E-state index is -3.21. The fourth-order valence-electron chi connectivity index (χ4n) is 2.78. The van der Waals surface area contributed by atoms with Crippen LogP contribution in [0.25, 0.3) is 0 Å². The van der Waals surface area contributed by atoms with Crippen molar-refractivity contribution >= 4 is 15.9 Å². The summed E-state index contributed by atoms with van der Waals surface area (Å²) in [5.74, 6) is 0.713. The molecule has 1 saturated heterocycles. The number of sulfonamides is 1. The maximum Gasteiger partial charge on any atom is 0.253 e. The van der Waals surface area contributed by atoms with Crippen LogP contribution < -0.4 is 4.74 Å². The average Bonchev–Trinajstić information content (AvgIpc) is 2.74. The van der Waals surface area contributed by atoms with Gasteiger partial charge in [0.15, 0.2) is 0 Å². The van der Waals surface area contributed by atoms with Crippen molar-refractivity contribution in [3.8, 4) is 5.75 Å². The lowest BCUT2D eigenvalue weighted by molar-refractivity contribution is 0.0764. The summed E-state index contributed by atoms with van der Waals surface area (Å²) >= 11 is 0. The van der Waals surface area contributed by atoms with Gasteiger partial charge < -0.3 is 9.64 Å². The standard InChI is InChI=1S/C17H26N2O4S/c1-13(2)23-16-7-6-15(12-14(16)3)17(20)18-8-5-9-19(11-10-18)24(4,21)22/h6-7,12-13H,5,8-11H2,1-4H3. The molecule has 0 radical (unpaired) electrons. The molecule has 1 aromatic carbocycles. The molecular formula is C17H26N2O4S. The molecule has 0 saturated carbocycles. The molecule has 1 aliphatic rings. The third-order valence-electron chi connectivity index (χ3n) is 4.00. The van der Waals surface area contributed by atoms with E-state index < -0.39 is 10.0 Å². The Balaban J connectivity index is 2.10. The zero-order chi connectivity index (χ0) is 17.9. The molecule has 0 aliphatic carbocycles. The summed E-state index contributed by atoms with van der Waals surface area (Å²) in [5.41, 5.74) is 1.53. The van der Waals surface area contributed by atoms with Gasteiger partial charge >= 0.3 is 0 Å². The number of hydrogen-bond acceptors (Lipinski definition) is 4. The summed E-state index contributed by atoms with van der Waals surface area (Å²) in [6, 6.07) is 5.43. The minimum absolute atomic E-state index is 0.0652. The van der Waals surface area contributed by atoms with Gasteiger partial charge in [-0.1, -0.05) is 0 Å². The summed E-state index contributed by atoms with van der Waals surface area (Å²) in [7, 11) is -3.21. The van der Waals surface area contributed by atoms with E-state index in [1.165, 1.54) is 10.6 Å². The number of benzene rings is 1. The van der Waals surface area contributed by atoms with Gasteiger partial charge in [0.2, 0.25) is 10.0 Å². The molecule has 1 amide bonds. The Morgan fingerprint density at radius 3 is 2.46 bits per heavy atom. The summed E-state index contributed by atoms with van der Waals surface area (Å²) in [6.45, 7) is 7.62. The number of carbonyl (C=O) groups is 1. The molecular weight excluding hydrogens is 328 g/mol. The number of hydrogen-bond donors (Lipinski definition) is 0. The molecule has 1 fully saturated rings. The number of rotatable bonds is 4. The van der Waals surface area contributed by atoms with Crippen molar-refractivity contribution in [3.63, 3.8) is 0 Å². The Labute approximate surface area is 144 Å². The molecule has 0 unspecified atom stereocenters. The van der Waals surface area contributed by atoms with Crippen LogP contribution in [0.15, 0.2) is 18.2 Å². The average molecular weight is 354 g/mol. The molecule has 24 heavy (non-hydrogen) atoms. The summed E-state index contributed by atoms with van der Waals surface area (Å²) in [6.07, 6.45) is 1.94. The predicted octanol–water partition coefficient (Wildman–Crippen LogP) is 1.89. The summed E-state index contributed by atoms with van der Waals surface area (Å²) in [4.78, 5) is 14.4. The van der Waals surface area contributed by atoms with Crippen LogP contribution in [0.2, 0.25) is 0 Å². The molecule has 6 nitrogen and oxygen atoms in total. The van der Waals surface area contributed by atoms with Crippen LogP contribution in [0, 0.1) is 6.92 Å². The second kappa shape index (κ2) is 7.53. The predicted molar refractivity (Wildman–Crippen MR) is 93.9 cm³/mol. The van der Waals surface area contributed by atoms with Crippen molar-refractivity contribution < 1.29 is 17.9 Å². The van der Waals surface area contributed by atoms with Gasteiger partial charge in [0.05, 0.1) is 12.4 Å². The first-order valence-electron chi connectivity index (χ1n) is 8.20. The molecule has 1 heterocycles. The Morgan fingerprint density at radius 1 is 1.17 bits per heavy atom. The lowest BCUT2D eigenvalue weighted by atomic mass is 10.1. The van der Waals surface area contributed by atoms with E-state index in [-0.39, 0.29) is 12.0 Å². The highest BCUT2D eigenvalue weighted by Crippen LogP contribution is 2.21. The van der Waals surface area contributed by atoms with Crippen molar-refractivity contribution in [1.82, 2.24) is 9.21 Å². The SMILES string of the molecule is Cc1cc(C(=O)N2CCCN(S(C)(=O)=O)CC2)ccc1OC(C)C. The minimum Gasteiger partial charge on any atom is -0.491 e. The van der Waals surface area contributed by atoms with Crippen molar-refractivity contribution in [2.24, 2.45) is 0 Å². The van der Waals surface area contributed by atoms with Gasteiger partial charge in [-0.05, 0) is 51.0 Å². The van der Waals surface area contributed by atoms with Crippen LogP contribution in [-0.2, 0) is 10.0 Å². The molecule has 0 bridgehead atoms. The quantitative estimate of drug-likeness (QED) is 0.828. The van der Waals surface area contributed by atoms with Crippen LogP contribution in [-0.4, -0.2) is 62.1 Å². The number of amides is 1. The molecule has 134 valence electrons. The molecule has 0 spiro atoms. The fraction of sp³-hybridized carbons (Fsp3) is 0.588. The van der Waals surface area contributed by atoms with Crippen LogP contribution >= 0.6 is 0 Å². The fourth-order valence-corrected chi connectivity index (χ4v) is 3.65. The molecule has 1 aliphatic heterocycles. The molecule has 0 N–H and O–H groups in total. The van der Waals surface area contributed by atoms with Gasteiger partial charge in [-0.2, -0.15) is 0 Å². The molecule has 7 heteroatoms. The van der Waals surface area contributed by atoms with E-state index in [0.29, 0.717) is 38.2 Å². The normalized spacial score (nSPS) is 17.0. The first-order chi connectivity index (χ1) is 11.2. The summed E-state index contributed by atoms with van der Waals surface area (Å²) < 4.78 is 30.5. The zero-order valence-electron chi connectivity index (χ0n) is 14.8. The number of aryl methyl sites for hydroxylation is 1. The highest BCUT2D eigenvalue weighted by Gasteiger charge is 2.24. The van der Waals surface area contributed by atoms with Gasteiger partial charge in [0.25, 0.3) is 5.91 Å². The van der Waals surface area contributed by atoms with Crippen molar-refractivity contribution in [2.75, 3.05) is 32.4 Å². The van der Waals surface area contributed by atoms with Gasteiger partial charge in [-0.15, -0.1) is 0 Å². The Morgan fingerprint density at radius 2 is 1.88 bits per heavy atom. The maximum absolute atomic E-state index is 12.7. The van der Waals surface area contributed by atoms with Crippen LogP contribution in [0.1, 0.15) is 36.2 Å². The van der Waals surface area contributed by atoms with Gasteiger partial charge in [0, 0.05) is 31.7 Å². The Kier molecular flexibility index (Phi) is 5.87. The van der Waals surface area contributed by atoms with Crippen LogP contribution in [0.4, 0.5) is 0 Å². The van der Waals surface area contributed by atoms with E-state index in [2.05, 4.69) is 0 Å². The monoisotopic (exact) mass is 354 g/mol. The van der Waals surface area contributed by atoms with Gasteiger partial charge in [-0.25, -0.2) is 12.7 Å². The second-order valence-corrected chi connectivity index (χ2v) is 8.44. The van der Waals surface area contributed by atoms with E-state index in [9.17, 15) is 13.2 Å². The lowest BCUT2D eigenvalue weighted by Gasteiger charge is -2.21. The summed E-state index contributed by atoms with van der Waals surface area (Å²) in [5, 5.41) is 0. The maximum atomic E-state index is 12.7. The topological polar surface area (TPSA) is 66.9 Å². The van der Waals surface area contributed by atoms with E-state index in [1.54, 1.807) is 11.0 Å². The van der Waals surface area contributed by atoms with Crippen molar-refractivity contribution in [2.45, 2.75) is 33.3 Å². The number of nitrogens with zero attached hydrogens (tertiary/aromatic N) is 2. The number of ether oxygens (including phenoxy) is 1. The first kappa shape index (κ1) is 18.7. The first-order valence-corrected chi connectivity index (χ1v) is 10.0. The molecule has 1 aromatic rings. The van der Waals surface area contributed by atoms with Crippen LogP contribution in [0.5, 0.6) is 5.75 Å². The third-order valence-corrected chi connectivity index (χ3v) is 5.30. The number of carbonyl (C=O) groups excluding carboxylic acids is 1. The highest BCUT2D eigenvalue weighted by atomic mass is 32.2. The lowest BCUT2D eigenvalue weighted by Crippen LogP contribution is -2.37. The molecule has 0 atom stereocenters. The van der Waals surface area contributed by atoms with E-state index in [0.717, 1.165) is 11.3 Å². The second-order valence-electron chi connectivity index (χ2n) is 6.45. The van der Waals surface area contributed by atoms with E-state index in [1.807, 2.05) is 32.9 Å². The zero-order valence-corrected chi connectivity index (χ0v) is 15.6. The van der Waals surface area contributed by atoms with Crippen molar-refractivity contribution in [3.05, 3.63) is 29.3 Å². The van der Waals surface area contributed by atoms with E-state index >= 15 is 0 Å².